The lowest BCUT2D eigenvalue weighted by molar-refractivity contribution is -0.138. The number of likely N-dealkylation sites (N-methyl/N-ethyl adjacent to an activating group) is 1. The van der Waals surface area contributed by atoms with E-state index in [0.29, 0.717) is 13.1 Å². The number of methoxy groups -OCH3 is 1. The molecule has 0 saturated heterocycles. The van der Waals surface area contributed by atoms with Gasteiger partial charge in [-0.05, 0) is 40.7 Å². The summed E-state index contributed by atoms with van der Waals surface area (Å²) in [4.78, 5) is 12.5. The van der Waals surface area contributed by atoms with Crippen LogP contribution in [-0.2, 0) is 11.3 Å². The molecule has 1 aromatic rings. The summed E-state index contributed by atoms with van der Waals surface area (Å²) in [5.74, 6) is -0.221. The molecule has 5 nitrogen and oxygen atoms in total. The first-order valence-corrected chi connectivity index (χ1v) is 6.22. The molecule has 18 heavy (non-hydrogen) atoms. The first-order valence-electron chi connectivity index (χ1n) is 5.43. The van der Waals surface area contributed by atoms with E-state index in [9.17, 15) is 4.79 Å². The quantitative estimate of drug-likeness (QED) is 0.827. The summed E-state index contributed by atoms with van der Waals surface area (Å²) < 4.78 is 6.02. The summed E-state index contributed by atoms with van der Waals surface area (Å²) in [7, 11) is 3.44. The molecule has 1 rings (SSSR count). The zero-order chi connectivity index (χ0) is 13.7. The molecule has 0 aliphatic rings. The Hall–Kier alpha value is -1.11. The molecule has 1 unspecified atom stereocenters. The third-order valence-electron chi connectivity index (χ3n) is 2.49. The standard InChI is InChI=1S/C12H17BrN2O3/c1-15(7-10(14)12(16)17)6-8-3-4-11(18-2)9(13)5-8/h3-5,10H,6-7,14H2,1-2H3,(H,16,17). The lowest BCUT2D eigenvalue weighted by Gasteiger charge is -2.19. The summed E-state index contributed by atoms with van der Waals surface area (Å²) in [5.41, 5.74) is 6.53. The zero-order valence-electron chi connectivity index (χ0n) is 10.4. The van der Waals surface area contributed by atoms with Crippen molar-refractivity contribution < 1.29 is 14.6 Å². The molecule has 100 valence electrons. The molecule has 6 heteroatoms. The van der Waals surface area contributed by atoms with E-state index in [1.807, 2.05) is 30.1 Å². The second-order valence-corrected chi connectivity index (χ2v) is 4.96. The van der Waals surface area contributed by atoms with Crippen LogP contribution in [0.25, 0.3) is 0 Å². The molecule has 1 aromatic carbocycles. The van der Waals surface area contributed by atoms with E-state index in [0.717, 1.165) is 15.8 Å². The van der Waals surface area contributed by atoms with E-state index in [-0.39, 0.29) is 0 Å². The Morgan fingerprint density at radius 1 is 1.61 bits per heavy atom. The van der Waals surface area contributed by atoms with Crippen LogP contribution in [0.2, 0.25) is 0 Å². The Labute approximate surface area is 115 Å². The third-order valence-corrected chi connectivity index (χ3v) is 3.11. The van der Waals surface area contributed by atoms with Crippen molar-refractivity contribution in [2.45, 2.75) is 12.6 Å². The molecule has 0 heterocycles. The monoisotopic (exact) mass is 316 g/mol. The highest BCUT2D eigenvalue weighted by atomic mass is 79.9. The number of nitrogens with zero attached hydrogens (tertiary/aromatic N) is 1. The predicted molar refractivity (Wildman–Crippen MR) is 72.6 cm³/mol. The fourth-order valence-corrected chi connectivity index (χ4v) is 2.19. The number of benzene rings is 1. The highest BCUT2D eigenvalue weighted by Crippen LogP contribution is 2.25. The molecule has 0 radical (unpaired) electrons. The van der Waals surface area contributed by atoms with Gasteiger partial charge in [-0.3, -0.25) is 9.69 Å². The highest BCUT2D eigenvalue weighted by molar-refractivity contribution is 9.10. The summed E-state index contributed by atoms with van der Waals surface area (Å²) in [6, 6.07) is 4.88. The molecule has 1 atom stereocenters. The second-order valence-electron chi connectivity index (χ2n) is 4.11. The smallest absolute Gasteiger partial charge is 0.321 e. The molecule has 0 saturated carbocycles. The number of carbonyl (C=O) groups is 1. The first kappa shape index (κ1) is 14.9. The van der Waals surface area contributed by atoms with E-state index >= 15 is 0 Å². The molecule has 0 spiro atoms. The topological polar surface area (TPSA) is 75.8 Å². The summed E-state index contributed by atoms with van der Waals surface area (Å²) in [6.45, 7) is 0.933. The maximum Gasteiger partial charge on any atom is 0.321 e. The Bertz CT molecular complexity index is 426. The van der Waals surface area contributed by atoms with Crippen LogP contribution in [0.3, 0.4) is 0 Å². The van der Waals surface area contributed by atoms with E-state index in [2.05, 4.69) is 15.9 Å². The summed E-state index contributed by atoms with van der Waals surface area (Å²) in [5, 5.41) is 8.73. The first-order chi connectivity index (χ1) is 8.43. The molecular weight excluding hydrogens is 300 g/mol. The fourth-order valence-electron chi connectivity index (χ4n) is 1.60. The van der Waals surface area contributed by atoms with Crippen molar-refractivity contribution in [2.75, 3.05) is 20.7 Å². The van der Waals surface area contributed by atoms with Gasteiger partial charge in [0, 0.05) is 13.1 Å². The van der Waals surface area contributed by atoms with Gasteiger partial charge < -0.3 is 15.6 Å². The highest BCUT2D eigenvalue weighted by Gasteiger charge is 2.14. The van der Waals surface area contributed by atoms with E-state index < -0.39 is 12.0 Å². The zero-order valence-corrected chi connectivity index (χ0v) is 12.0. The average Bonchev–Trinajstić information content (AvgIpc) is 2.28. The molecular formula is C12H17BrN2O3. The lowest BCUT2D eigenvalue weighted by Crippen LogP contribution is -2.40. The van der Waals surface area contributed by atoms with Gasteiger partial charge in [0.05, 0.1) is 11.6 Å². The Balaban J connectivity index is 2.62. The molecule has 0 aliphatic heterocycles. The van der Waals surface area contributed by atoms with Crippen LogP contribution in [0, 0.1) is 0 Å². The predicted octanol–water partition coefficient (Wildman–Crippen LogP) is 1.30. The Kier molecular flexibility index (Phi) is 5.58. The number of carboxylic acids is 1. The van der Waals surface area contributed by atoms with Crippen molar-refractivity contribution in [1.29, 1.82) is 0 Å². The van der Waals surface area contributed by atoms with Crippen LogP contribution in [0.4, 0.5) is 0 Å². The molecule has 0 amide bonds. The summed E-state index contributed by atoms with van der Waals surface area (Å²) >= 11 is 3.41. The van der Waals surface area contributed by atoms with Gasteiger partial charge in [-0.25, -0.2) is 0 Å². The van der Waals surface area contributed by atoms with Gasteiger partial charge in [0.2, 0.25) is 0 Å². The van der Waals surface area contributed by atoms with Crippen LogP contribution < -0.4 is 10.5 Å². The van der Waals surface area contributed by atoms with Crippen LogP contribution >= 0.6 is 15.9 Å². The maximum atomic E-state index is 10.6. The Morgan fingerprint density at radius 2 is 2.28 bits per heavy atom. The van der Waals surface area contributed by atoms with Crippen LogP contribution in [0.1, 0.15) is 5.56 Å². The van der Waals surface area contributed by atoms with Crippen molar-refractivity contribution in [3.05, 3.63) is 28.2 Å². The van der Waals surface area contributed by atoms with E-state index in [1.165, 1.54) is 0 Å². The minimum Gasteiger partial charge on any atom is -0.496 e. The average molecular weight is 317 g/mol. The molecule has 0 fully saturated rings. The number of hydrogen-bond donors (Lipinski definition) is 2. The minimum atomic E-state index is -0.988. The second kappa shape index (κ2) is 6.72. The van der Waals surface area contributed by atoms with E-state index in [4.69, 9.17) is 15.6 Å². The Morgan fingerprint density at radius 3 is 2.78 bits per heavy atom. The van der Waals surface area contributed by atoms with Gasteiger partial charge >= 0.3 is 5.97 Å². The van der Waals surface area contributed by atoms with E-state index in [1.54, 1.807) is 7.11 Å². The number of halogens is 1. The summed E-state index contributed by atoms with van der Waals surface area (Å²) in [6.07, 6.45) is 0. The van der Waals surface area contributed by atoms with Gasteiger partial charge in [0.25, 0.3) is 0 Å². The van der Waals surface area contributed by atoms with Crippen LogP contribution in [-0.4, -0.2) is 42.7 Å². The SMILES string of the molecule is COc1ccc(CN(C)CC(N)C(=O)O)cc1Br. The minimum absolute atomic E-state index is 0.305. The third kappa shape index (κ3) is 4.29. The number of hydrogen-bond acceptors (Lipinski definition) is 4. The van der Waals surface area contributed by atoms with Gasteiger partial charge in [0.1, 0.15) is 11.8 Å². The lowest BCUT2D eigenvalue weighted by atomic mass is 10.2. The normalized spacial score (nSPS) is 12.5. The van der Waals surface area contributed by atoms with Gasteiger partial charge in [-0.1, -0.05) is 6.07 Å². The largest absolute Gasteiger partial charge is 0.496 e. The molecule has 3 N–H and O–H groups in total. The number of rotatable bonds is 6. The van der Waals surface area contributed by atoms with Crippen molar-refractivity contribution in [3.63, 3.8) is 0 Å². The fraction of sp³-hybridized carbons (Fsp3) is 0.417. The van der Waals surface area contributed by atoms with Crippen molar-refractivity contribution >= 4 is 21.9 Å². The number of aliphatic carboxylic acids is 1. The van der Waals surface area contributed by atoms with Gasteiger partial charge in [-0.2, -0.15) is 0 Å². The molecule has 0 aromatic heterocycles. The van der Waals surface area contributed by atoms with Crippen molar-refractivity contribution in [2.24, 2.45) is 5.73 Å². The van der Waals surface area contributed by atoms with Crippen molar-refractivity contribution in [3.8, 4) is 5.75 Å². The number of nitrogens with two attached hydrogens (primary N) is 1. The maximum absolute atomic E-state index is 10.6. The molecule has 0 bridgehead atoms. The molecule has 0 aliphatic carbocycles. The number of ether oxygens (including phenoxy) is 1. The van der Waals surface area contributed by atoms with Crippen molar-refractivity contribution in [1.82, 2.24) is 4.90 Å². The van der Waals surface area contributed by atoms with Crippen LogP contribution in [0.15, 0.2) is 22.7 Å². The van der Waals surface area contributed by atoms with Crippen LogP contribution in [0.5, 0.6) is 5.75 Å². The number of carboxylic acid groups (broad SMARTS) is 1. The van der Waals surface area contributed by atoms with Gasteiger partial charge in [-0.15, -0.1) is 0 Å². The van der Waals surface area contributed by atoms with Gasteiger partial charge in [0.15, 0.2) is 0 Å².